The highest BCUT2D eigenvalue weighted by Crippen LogP contribution is 2.30. The van der Waals surface area contributed by atoms with Gasteiger partial charge < -0.3 is 9.47 Å². The molecule has 0 spiro atoms. The van der Waals surface area contributed by atoms with E-state index in [1.165, 1.54) is 49.9 Å². The van der Waals surface area contributed by atoms with E-state index in [9.17, 15) is 31.2 Å². The predicted octanol–water partition coefficient (Wildman–Crippen LogP) is 2.02. The molecular formula is C16H20F3NO6S. The van der Waals surface area contributed by atoms with E-state index in [1.54, 1.807) is 0 Å². The molecule has 1 rings (SSSR count). The van der Waals surface area contributed by atoms with Gasteiger partial charge in [-0.3, -0.25) is 4.79 Å². The number of ether oxygens (including phenoxy) is 2. The lowest BCUT2D eigenvalue weighted by Crippen LogP contribution is -2.54. The maximum absolute atomic E-state index is 12.7. The van der Waals surface area contributed by atoms with Gasteiger partial charge in [-0.15, -0.1) is 0 Å². The zero-order chi connectivity index (χ0) is 21.0. The van der Waals surface area contributed by atoms with Crippen molar-refractivity contribution in [1.82, 2.24) is 4.72 Å². The average Bonchev–Trinajstić information content (AvgIpc) is 2.57. The molecule has 11 heteroatoms. The van der Waals surface area contributed by atoms with Gasteiger partial charge in [-0.1, -0.05) is 26.0 Å². The second-order valence-corrected chi connectivity index (χ2v) is 8.08. The van der Waals surface area contributed by atoms with Crippen LogP contribution in [-0.2, 0) is 30.7 Å². The van der Waals surface area contributed by atoms with Crippen LogP contribution in [0.1, 0.15) is 29.8 Å². The first kappa shape index (κ1) is 22.9. The number of hydrogen-bond donors (Lipinski definition) is 1. The Balaban J connectivity index is 3.14. The number of methoxy groups -OCH3 is 2. The number of benzene rings is 1. The molecule has 152 valence electrons. The number of sulfonamides is 1. The van der Waals surface area contributed by atoms with Gasteiger partial charge >= 0.3 is 27.5 Å². The summed E-state index contributed by atoms with van der Waals surface area (Å²) in [6.45, 7) is 2.84. The summed E-state index contributed by atoms with van der Waals surface area (Å²) in [5, 5.41) is 0. The molecule has 0 heterocycles. The molecule has 27 heavy (non-hydrogen) atoms. The maximum atomic E-state index is 12.7. The largest absolute Gasteiger partial charge is 0.511 e. The molecule has 1 N–H and O–H groups in total. The number of alkyl halides is 3. The lowest BCUT2D eigenvalue weighted by Gasteiger charge is -2.33. The molecule has 0 aliphatic heterocycles. The van der Waals surface area contributed by atoms with Crippen LogP contribution < -0.4 is 4.72 Å². The van der Waals surface area contributed by atoms with Gasteiger partial charge in [0.25, 0.3) is 0 Å². The van der Waals surface area contributed by atoms with E-state index in [1.807, 2.05) is 0 Å². The number of halogens is 3. The number of carbonyl (C=O) groups is 2. The second-order valence-electron chi connectivity index (χ2n) is 6.38. The van der Waals surface area contributed by atoms with Crippen LogP contribution in [0.5, 0.6) is 0 Å². The summed E-state index contributed by atoms with van der Waals surface area (Å²) in [5.74, 6) is -1.72. The van der Waals surface area contributed by atoms with Crippen LogP contribution >= 0.6 is 0 Å². The SMILES string of the molecule is COC(=O)c1ccc(CC(C)(C)[C@H](NS(=O)(=O)C(F)(F)F)C(=O)OC)cc1. The number of rotatable bonds is 7. The van der Waals surface area contributed by atoms with E-state index >= 15 is 0 Å². The number of esters is 2. The van der Waals surface area contributed by atoms with Crippen molar-refractivity contribution in [2.24, 2.45) is 5.41 Å². The molecule has 0 bridgehead atoms. The van der Waals surface area contributed by atoms with Crippen LogP contribution in [-0.4, -0.2) is 46.1 Å². The molecule has 0 saturated carbocycles. The smallest absolute Gasteiger partial charge is 0.468 e. The Bertz CT molecular complexity index is 787. The Morgan fingerprint density at radius 2 is 1.59 bits per heavy atom. The molecule has 0 amide bonds. The fourth-order valence-electron chi connectivity index (χ4n) is 2.37. The summed E-state index contributed by atoms with van der Waals surface area (Å²) < 4.78 is 71.3. The molecule has 0 saturated heterocycles. The molecule has 1 atom stereocenters. The molecule has 1 aromatic rings. The molecule has 7 nitrogen and oxygen atoms in total. The van der Waals surface area contributed by atoms with Gasteiger partial charge in [0.15, 0.2) is 0 Å². The van der Waals surface area contributed by atoms with E-state index in [0.29, 0.717) is 5.56 Å². The molecule has 0 aliphatic rings. The summed E-state index contributed by atoms with van der Waals surface area (Å²) in [5.41, 5.74) is -6.02. The van der Waals surface area contributed by atoms with E-state index < -0.39 is 38.9 Å². The highest BCUT2D eigenvalue weighted by Gasteiger charge is 2.50. The summed E-state index contributed by atoms with van der Waals surface area (Å²) in [7, 11) is -3.60. The van der Waals surface area contributed by atoms with Gasteiger partial charge in [0.05, 0.1) is 19.8 Å². The van der Waals surface area contributed by atoms with Crippen LogP contribution in [0.15, 0.2) is 24.3 Å². The predicted molar refractivity (Wildman–Crippen MR) is 89.2 cm³/mol. The monoisotopic (exact) mass is 411 g/mol. The van der Waals surface area contributed by atoms with Crippen molar-refractivity contribution in [3.05, 3.63) is 35.4 Å². The summed E-state index contributed by atoms with van der Waals surface area (Å²) in [6, 6.07) is 4.17. The summed E-state index contributed by atoms with van der Waals surface area (Å²) >= 11 is 0. The number of carbonyl (C=O) groups excluding carboxylic acids is 2. The third-order valence-corrected chi connectivity index (χ3v) is 4.99. The van der Waals surface area contributed by atoms with Gasteiger partial charge in [-0.25, -0.2) is 13.2 Å². The minimum atomic E-state index is -5.76. The van der Waals surface area contributed by atoms with Gasteiger partial charge in [0.2, 0.25) is 0 Å². The Labute approximate surface area is 154 Å². The second kappa shape index (κ2) is 8.26. The van der Waals surface area contributed by atoms with Crippen molar-refractivity contribution < 1.29 is 40.7 Å². The third-order valence-electron chi connectivity index (χ3n) is 3.83. The van der Waals surface area contributed by atoms with Crippen LogP contribution in [0.4, 0.5) is 13.2 Å². The van der Waals surface area contributed by atoms with E-state index in [4.69, 9.17) is 0 Å². The van der Waals surface area contributed by atoms with E-state index in [-0.39, 0.29) is 12.0 Å². The lowest BCUT2D eigenvalue weighted by molar-refractivity contribution is -0.145. The van der Waals surface area contributed by atoms with Crippen molar-refractivity contribution in [3.63, 3.8) is 0 Å². The van der Waals surface area contributed by atoms with Crippen LogP contribution in [0.3, 0.4) is 0 Å². The Hall–Kier alpha value is -2.14. The standard InChI is InChI=1S/C16H20F3NO6S/c1-15(2,9-10-5-7-11(8-6-10)13(21)25-3)12(14(22)26-4)20-27(23,24)16(17,18)19/h5-8,12,20H,9H2,1-4H3/t12-/m1/s1. The highest BCUT2D eigenvalue weighted by molar-refractivity contribution is 7.90. The summed E-state index contributed by atoms with van der Waals surface area (Å²) in [4.78, 5) is 23.4. The average molecular weight is 411 g/mol. The van der Waals surface area contributed by atoms with Crippen molar-refractivity contribution in [1.29, 1.82) is 0 Å². The molecule has 0 aromatic heterocycles. The van der Waals surface area contributed by atoms with E-state index in [0.717, 1.165) is 7.11 Å². The van der Waals surface area contributed by atoms with E-state index in [2.05, 4.69) is 9.47 Å². The van der Waals surface area contributed by atoms with Crippen molar-refractivity contribution in [2.75, 3.05) is 14.2 Å². The first-order valence-corrected chi connectivity index (χ1v) is 9.07. The molecule has 0 aliphatic carbocycles. The lowest BCUT2D eigenvalue weighted by atomic mass is 9.79. The van der Waals surface area contributed by atoms with Gasteiger partial charge in [-0.2, -0.15) is 17.9 Å². The van der Waals surface area contributed by atoms with Crippen LogP contribution in [0.2, 0.25) is 0 Å². The molecule has 0 radical (unpaired) electrons. The maximum Gasteiger partial charge on any atom is 0.511 e. The molecule has 1 aromatic carbocycles. The van der Waals surface area contributed by atoms with Crippen molar-refractivity contribution in [2.45, 2.75) is 31.8 Å². The minimum absolute atomic E-state index is 0.0224. The Morgan fingerprint density at radius 1 is 1.07 bits per heavy atom. The fourth-order valence-corrected chi connectivity index (χ4v) is 3.23. The van der Waals surface area contributed by atoms with Gasteiger partial charge in [-0.05, 0) is 29.5 Å². The zero-order valence-electron chi connectivity index (χ0n) is 15.1. The molecule has 0 fully saturated rings. The third kappa shape index (κ3) is 5.67. The first-order valence-electron chi connectivity index (χ1n) is 7.59. The first-order chi connectivity index (χ1) is 12.2. The topological polar surface area (TPSA) is 98.8 Å². The molecule has 0 unspecified atom stereocenters. The van der Waals surface area contributed by atoms with Crippen molar-refractivity contribution in [3.8, 4) is 0 Å². The Kier molecular flexibility index (Phi) is 7.00. The van der Waals surface area contributed by atoms with Crippen LogP contribution in [0.25, 0.3) is 0 Å². The normalized spacial score (nSPS) is 13.7. The van der Waals surface area contributed by atoms with Gasteiger partial charge in [0, 0.05) is 0 Å². The zero-order valence-corrected chi connectivity index (χ0v) is 15.9. The van der Waals surface area contributed by atoms with Crippen molar-refractivity contribution >= 4 is 22.0 Å². The molecular weight excluding hydrogens is 391 g/mol. The van der Waals surface area contributed by atoms with Crippen LogP contribution in [0, 0.1) is 5.41 Å². The Morgan fingerprint density at radius 3 is 2.00 bits per heavy atom. The summed E-state index contributed by atoms with van der Waals surface area (Å²) in [6.07, 6.45) is 0.0224. The number of hydrogen-bond acceptors (Lipinski definition) is 6. The number of nitrogens with one attached hydrogen (secondary N) is 1. The quantitative estimate of drug-likeness (QED) is 0.690. The fraction of sp³-hybridized carbons (Fsp3) is 0.500. The van der Waals surface area contributed by atoms with Gasteiger partial charge in [0.1, 0.15) is 6.04 Å². The highest BCUT2D eigenvalue weighted by atomic mass is 32.2. The minimum Gasteiger partial charge on any atom is -0.468 e.